The fraction of sp³-hybridized carbons (Fsp3) is 0.556. The number of halogens is 3. The lowest BCUT2D eigenvalue weighted by Gasteiger charge is -2.11. The van der Waals surface area contributed by atoms with Gasteiger partial charge in [0.15, 0.2) is 5.82 Å². The summed E-state index contributed by atoms with van der Waals surface area (Å²) in [6, 6.07) is 2.66. The van der Waals surface area contributed by atoms with Crippen LogP contribution in [0.4, 0.5) is 8.78 Å². The number of aryl methyl sites for hydroxylation is 1. The Morgan fingerprint density at radius 2 is 2.24 bits per heavy atom. The molecule has 2 aliphatic rings. The van der Waals surface area contributed by atoms with E-state index in [1.54, 1.807) is 6.20 Å². The molecule has 0 saturated carbocycles. The molecule has 4 nitrogen and oxygen atoms in total. The van der Waals surface area contributed by atoms with Gasteiger partial charge in [-0.2, -0.15) is 4.98 Å². The van der Waals surface area contributed by atoms with Crippen molar-refractivity contribution >= 4 is 26.8 Å². The highest BCUT2D eigenvalue weighted by molar-refractivity contribution is 9.10. The molecule has 0 radical (unpaired) electrons. The summed E-state index contributed by atoms with van der Waals surface area (Å²) < 4.78 is 31.9. The SMILES string of the molecule is CCc1cc2cnc(OC)nc2c(F)c1Br.FC1CC2CCCN2C1. The van der Waals surface area contributed by atoms with Gasteiger partial charge in [0.1, 0.15) is 11.7 Å². The highest BCUT2D eigenvalue weighted by Crippen LogP contribution is 2.29. The fourth-order valence-electron chi connectivity index (χ4n) is 3.53. The Kier molecular flexibility index (Phi) is 5.84. The molecular weight excluding hydrogens is 392 g/mol. The van der Waals surface area contributed by atoms with Crippen molar-refractivity contribution in [3.63, 3.8) is 0 Å². The van der Waals surface area contributed by atoms with E-state index >= 15 is 0 Å². The van der Waals surface area contributed by atoms with E-state index < -0.39 is 6.17 Å². The van der Waals surface area contributed by atoms with Gasteiger partial charge in [-0.15, -0.1) is 0 Å². The Morgan fingerprint density at radius 3 is 2.92 bits per heavy atom. The van der Waals surface area contributed by atoms with Crippen molar-refractivity contribution in [2.75, 3.05) is 20.2 Å². The molecular formula is C18H22BrF2N3O. The molecule has 0 amide bonds. The Balaban J connectivity index is 0.000000170. The average Bonchev–Trinajstić information content (AvgIpc) is 3.19. The largest absolute Gasteiger partial charge is 0.467 e. The molecule has 2 aromatic rings. The molecule has 0 N–H and O–H groups in total. The van der Waals surface area contributed by atoms with E-state index in [2.05, 4.69) is 30.8 Å². The van der Waals surface area contributed by atoms with E-state index in [-0.39, 0.29) is 17.3 Å². The van der Waals surface area contributed by atoms with Crippen LogP contribution in [-0.2, 0) is 6.42 Å². The zero-order valence-corrected chi connectivity index (χ0v) is 16.0. The first-order chi connectivity index (χ1) is 12.0. The van der Waals surface area contributed by atoms with Crippen LogP contribution in [0.5, 0.6) is 6.01 Å². The van der Waals surface area contributed by atoms with Gasteiger partial charge in [0.25, 0.3) is 0 Å². The first-order valence-corrected chi connectivity index (χ1v) is 9.38. The Morgan fingerprint density at radius 1 is 1.44 bits per heavy atom. The molecule has 136 valence electrons. The van der Waals surface area contributed by atoms with Gasteiger partial charge in [0.05, 0.1) is 11.6 Å². The number of hydrogen-bond donors (Lipinski definition) is 0. The molecule has 2 atom stereocenters. The van der Waals surface area contributed by atoms with Gasteiger partial charge in [-0.05, 0) is 59.8 Å². The van der Waals surface area contributed by atoms with Crippen molar-refractivity contribution in [3.8, 4) is 6.01 Å². The molecule has 2 aliphatic heterocycles. The van der Waals surface area contributed by atoms with Gasteiger partial charge < -0.3 is 4.74 Å². The van der Waals surface area contributed by atoms with Gasteiger partial charge in [0.2, 0.25) is 0 Å². The van der Waals surface area contributed by atoms with Gasteiger partial charge in [-0.1, -0.05) is 6.92 Å². The second-order valence-corrected chi connectivity index (χ2v) is 7.23. The summed E-state index contributed by atoms with van der Waals surface area (Å²) in [7, 11) is 1.45. The molecule has 25 heavy (non-hydrogen) atoms. The Bertz CT molecular complexity index is 747. The molecule has 4 rings (SSSR count). The summed E-state index contributed by atoms with van der Waals surface area (Å²) in [4.78, 5) is 10.2. The summed E-state index contributed by atoms with van der Waals surface area (Å²) in [6.07, 6.45) is 5.13. The number of methoxy groups -OCH3 is 1. The van der Waals surface area contributed by atoms with E-state index in [1.807, 2.05) is 13.0 Å². The van der Waals surface area contributed by atoms with Gasteiger partial charge >= 0.3 is 6.01 Å². The van der Waals surface area contributed by atoms with Crippen LogP contribution in [0, 0.1) is 5.82 Å². The molecule has 0 bridgehead atoms. The molecule has 1 aromatic carbocycles. The Labute approximate surface area is 154 Å². The minimum Gasteiger partial charge on any atom is -0.467 e. The summed E-state index contributed by atoms with van der Waals surface area (Å²) in [5.41, 5.74) is 1.18. The number of ether oxygens (including phenoxy) is 1. The molecule has 2 fully saturated rings. The van der Waals surface area contributed by atoms with Crippen LogP contribution < -0.4 is 4.74 Å². The zero-order chi connectivity index (χ0) is 18.0. The quantitative estimate of drug-likeness (QED) is 0.735. The highest BCUT2D eigenvalue weighted by atomic mass is 79.9. The molecule has 2 unspecified atom stereocenters. The number of benzene rings is 1. The zero-order valence-electron chi connectivity index (χ0n) is 14.4. The van der Waals surface area contributed by atoms with Gasteiger partial charge in [-0.3, -0.25) is 4.90 Å². The molecule has 0 aliphatic carbocycles. The third-order valence-corrected chi connectivity index (χ3v) is 5.69. The first kappa shape index (κ1) is 18.5. The minimum atomic E-state index is -0.518. The summed E-state index contributed by atoms with van der Waals surface area (Å²) >= 11 is 3.23. The molecule has 3 heterocycles. The maximum Gasteiger partial charge on any atom is 0.316 e. The van der Waals surface area contributed by atoms with Gasteiger partial charge in [0, 0.05) is 24.2 Å². The lowest BCUT2D eigenvalue weighted by atomic mass is 10.1. The van der Waals surface area contributed by atoms with Gasteiger partial charge in [-0.25, -0.2) is 13.8 Å². The van der Waals surface area contributed by atoms with E-state index in [1.165, 1.54) is 20.0 Å². The Hall–Kier alpha value is -1.34. The van der Waals surface area contributed by atoms with Crippen molar-refractivity contribution in [3.05, 3.63) is 28.1 Å². The van der Waals surface area contributed by atoms with Crippen molar-refractivity contribution in [2.45, 2.75) is 44.8 Å². The van der Waals surface area contributed by atoms with Crippen LogP contribution >= 0.6 is 15.9 Å². The smallest absolute Gasteiger partial charge is 0.316 e. The van der Waals surface area contributed by atoms with E-state index in [9.17, 15) is 8.78 Å². The molecule has 0 spiro atoms. The third-order valence-electron chi connectivity index (χ3n) is 4.83. The monoisotopic (exact) mass is 413 g/mol. The van der Waals surface area contributed by atoms with E-state index in [0.717, 1.165) is 24.9 Å². The predicted octanol–water partition coefficient (Wildman–Crippen LogP) is 4.30. The number of hydrogen-bond acceptors (Lipinski definition) is 4. The fourth-order valence-corrected chi connectivity index (χ4v) is 4.12. The summed E-state index contributed by atoms with van der Waals surface area (Å²) in [5.74, 6) is -0.366. The maximum atomic E-state index is 14.0. The minimum absolute atomic E-state index is 0.169. The number of nitrogens with zero attached hydrogens (tertiary/aromatic N) is 3. The van der Waals surface area contributed by atoms with Crippen molar-refractivity contribution in [1.29, 1.82) is 0 Å². The molecule has 7 heteroatoms. The first-order valence-electron chi connectivity index (χ1n) is 8.59. The maximum absolute atomic E-state index is 14.0. The second-order valence-electron chi connectivity index (χ2n) is 6.44. The lowest BCUT2D eigenvalue weighted by Crippen LogP contribution is -2.22. The van der Waals surface area contributed by atoms with E-state index in [0.29, 0.717) is 22.4 Å². The number of alkyl halides is 1. The van der Waals surface area contributed by atoms with Crippen LogP contribution in [0.1, 0.15) is 31.7 Å². The number of fused-ring (bicyclic) bond motifs is 2. The highest BCUT2D eigenvalue weighted by Gasteiger charge is 2.34. The van der Waals surface area contributed by atoms with E-state index in [4.69, 9.17) is 4.74 Å². The standard InChI is InChI=1S/C11H10BrFN2O.C7H12FN/c1-3-6-4-7-5-14-11(16-2)15-10(7)9(13)8(6)12;8-6-4-7-2-1-3-9(7)5-6/h4-5H,3H2,1-2H3;6-7H,1-5H2. The van der Waals surface area contributed by atoms with Crippen LogP contribution in [0.25, 0.3) is 10.9 Å². The lowest BCUT2D eigenvalue weighted by molar-refractivity contribution is 0.292. The average molecular weight is 414 g/mol. The molecule has 1 aromatic heterocycles. The van der Waals surface area contributed by atoms with Crippen LogP contribution in [0.15, 0.2) is 16.7 Å². The van der Waals surface area contributed by atoms with Crippen molar-refractivity contribution in [2.24, 2.45) is 0 Å². The number of aromatic nitrogens is 2. The topological polar surface area (TPSA) is 38.3 Å². The predicted molar refractivity (Wildman–Crippen MR) is 97.2 cm³/mol. The summed E-state index contributed by atoms with van der Waals surface area (Å²) in [5, 5.41) is 0.679. The number of rotatable bonds is 2. The third kappa shape index (κ3) is 3.92. The molecule has 2 saturated heterocycles. The van der Waals surface area contributed by atoms with Crippen LogP contribution in [-0.4, -0.2) is 47.3 Å². The van der Waals surface area contributed by atoms with Crippen molar-refractivity contribution in [1.82, 2.24) is 14.9 Å². The second kappa shape index (κ2) is 7.91. The van der Waals surface area contributed by atoms with Crippen LogP contribution in [0.3, 0.4) is 0 Å². The van der Waals surface area contributed by atoms with Crippen LogP contribution in [0.2, 0.25) is 0 Å². The summed E-state index contributed by atoms with van der Waals surface area (Å²) in [6.45, 7) is 3.82. The normalized spacial score (nSPS) is 22.6. The van der Waals surface area contributed by atoms with Crippen molar-refractivity contribution < 1.29 is 13.5 Å².